The lowest BCUT2D eigenvalue weighted by atomic mass is 9.87. The van der Waals surface area contributed by atoms with Crippen LogP contribution in [0.1, 0.15) is 33.3 Å². The van der Waals surface area contributed by atoms with E-state index in [9.17, 15) is 4.79 Å². The average molecular weight is 258 g/mol. The molecule has 1 aromatic carbocycles. The van der Waals surface area contributed by atoms with Crippen molar-refractivity contribution in [3.63, 3.8) is 0 Å². The van der Waals surface area contributed by atoms with Gasteiger partial charge in [0, 0.05) is 5.69 Å². The Hall–Kier alpha value is -1.95. The summed E-state index contributed by atoms with van der Waals surface area (Å²) >= 11 is 0. The number of hydrogen-bond acceptors (Lipinski definition) is 2. The molecule has 0 radical (unpaired) electrons. The van der Waals surface area contributed by atoms with Crippen LogP contribution in [0.2, 0.25) is 0 Å². The maximum absolute atomic E-state index is 11.7. The maximum atomic E-state index is 11.7. The highest BCUT2D eigenvalue weighted by atomic mass is 16.2. The molecule has 1 aromatic rings. The molecule has 0 spiro atoms. The minimum Gasteiger partial charge on any atom is -0.374 e. The van der Waals surface area contributed by atoms with Gasteiger partial charge in [-0.3, -0.25) is 4.79 Å². The van der Waals surface area contributed by atoms with Crippen molar-refractivity contribution in [3.8, 4) is 12.3 Å². The van der Waals surface area contributed by atoms with Crippen LogP contribution in [-0.4, -0.2) is 18.5 Å². The molecular weight excluding hydrogens is 236 g/mol. The Kier molecular flexibility index (Phi) is 5.00. The highest BCUT2D eigenvalue weighted by Gasteiger charge is 2.14. The Morgan fingerprint density at radius 1 is 1.32 bits per heavy atom. The third-order valence-electron chi connectivity index (χ3n) is 2.89. The molecule has 0 bridgehead atoms. The quantitative estimate of drug-likeness (QED) is 0.815. The summed E-state index contributed by atoms with van der Waals surface area (Å²) in [5, 5.41) is 5.80. The fourth-order valence-corrected chi connectivity index (χ4v) is 1.67. The van der Waals surface area contributed by atoms with E-state index < -0.39 is 0 Å². The molecule has 1 atom stereocenters. The van der Waals surface area contributed by atoms with E-state index in [-0.39, 0.29) is 23.9 Å². The Morgan fingerprint density at radius 3 is 2.37 bits per heavy atom. The molecule has 0 aliphatic heterocycles. The molecular formula is C16H22N2O. The first-order valence-electron chi connectivity index (χ1n) is 6.43. The van der Waals surface area contributed by atoms with Crippen molar-refractivity contribution in [1.82, 2.24) is 5.32 Å². The summed E-state index contributed by atoms with van der Waals surface area (Å²) in [4.78, 5) is 11.7. The average Bonchev–Trinajstić information content (AvgIpc) is 2.35. The summed E-state index contributed by atoms with van der Waals surface area (Å²) in [6, 6.07) is 7.83. The van der Waals surface area contributed by atoms with Crippen molar-refractivity contribution in [3.05, 3.63) is 29.8 Å². The second-order valence-electron chi connectivity index (χ2n) is 5.62. The molecule has 2 N–H and O–H groups in total. The zero-order valence-corrected chi connectivity index (χ0v) is 12.1. The summed E-state index contributed by atoms with van der Waals surface area (Å²) in [5.74, 6) is 2.28. The van der Waals surface area contributed by atoms with E-state index in [0.29, 0.717) is 0 Å². The Morgan fingerprint density at radius 2 is 1.89 bits per heavy atom. The van der Waals surface area contributed by atoms with E-state index in [4.69, 9.17) is 6.42 Å². The van der Waals surface area contributed by atoms with Crippen molar-refractivity contribution in [2.45, 2.75) is 39.2 Å². The number of amides is 1. The van der Waals surface area contributed by atoms with E-state index in [0.717, 1.165) is 5.69 Å². The lowest BCUT2D eigenvalue weighted by Crippen LogP contribution is -2.37. The van der Waals surface area contributed by atoms with Crippen molar-refractivity contribution >= 4 is 11.6 Å². The van der Waals surface area contributed by atoms with Gasteiger partial charge < -0.3 is 10.6 Å². The normalized spacial score (nSPS) is 12.4. The van der Waals surface area contributed by atoms with Crippen LogP contribution in [0, 0.1) is 12.3 Å². The summed E-state index contributed by atoms with van der Waals surface area (Å²) in [7, 11) is 0. The second-order valence-corrected chi connectivity index (χ2v) is 5.62. The molecule has 0 aliphatic rings. The number of hydrogen-bond donors (Lipinski definition) is 2. The van der Waals surface area contributed by atoms with Gasteiger partial charge in [-0.2, -0.15) is 0 Å². The molecule has 102 valence electrons. The first kappa shape index (κ1) is 15.1. The molecule has 0 heterocycles. The van der Waals surface area contributed by atoms with Crippen molar-refractivity contribution in [2.24, 2.45) is 0 Å². The van der Waals surface area contributed by atoms with Crippen LogP contribution in [0.5, 0.6) is 0 Å². The lowest BCUT2D eigenvalue weighted by molar-refractivity contribution is -0.121. The fourth-order valence-electron chi connectivity index (χ4n) is 1.67. The van der Waals surface area contributed by atoms with Crippen LogP contribution in [0.4, 0.5) is 5.69 Å². The van der Waals surface area contributed by atoms with Crippen LogP contribution in [0.15, 0.2) is 24.3 Å². The van der Waals surface area contributed by atoms with Gasteiger partial charge in [-0.15, -0.1) is 6.42 Å². The summed E-state index contributed by atoms with van der Waals surface area (Å²) in [5.41, 5.74) is 2.33. The van der Waals surface area contributed by atoms with Gasteiger partial charge in [-0.1, -0.05) is 38.8 Å². The van der Waals surface area contributed by atoms with Crippen LogP contribution >= 0.6 is 0 Å². The standard InChI is InChI=1S/C16H22N2O/c1-6-11-17-15(19)12(2)18-14-9-7-13(8-10-14)16(3,4)5/h1,7-10,12,18H,11H2,2-5H3,(H,17,19). The molecule has 1 rings (SSSR count). The van der Waals surface area contributed by atoms with Crippen LogP contribution in [0.25, 0.3) is 0 Å². The molecule has 0 saturated carbocycles. The van der Waals surface area contributed by atoms with Gasteiger partial charge >= 0.3 is 0 Å². The molecule has 3 heteroatoms. The number of nitrogens with one attached hydrogen (secondary N) is 2. The topological polar surface area (TPSA) is 41.1 Å². The Labute approximate surface area is 115 Å². The van der Waals surface area contributed by atoms with Crippen molar-refractivity contribution in [1.29, 1.82) is 0 Å². The lowest BCUT2D eigenvalue weighted by Gasteiger charge is -2.20. The smallest absolute Gasteiger partial charge is 0.242 e. The second kappa shape index (κ2) is 6.29. The van der Waals surface area contributed by atoms with E-state index >= 15 is 0 Å². The zero-order valence-electron chi connectivity index (χ0n) is 12.1. The summed E-state index contributed by atoms with van der Waals surface area (Å²) in [6.07, 6.45) is 5.10. The van der Waals surface area contributed by atoms with Gasteiger partial charge in [-0.25, -0.2) is 0 Å². The number of rotatable bonds is 4. The first-order chi connectivity index (χ1) is 8.84. The number of carbonyl (C=O) groups excluding carboxylic acids is 1. The highest BCUT2D eigenvalue weighted by molar-refractivity contribution is 5.84. The third-order valence-corrected chi connectivity index (χ3v) is 2.89. The predicted octanol–water partition coefficient (Wildman–Crippen LogP) is 2.53. The Bertz CT molecular complexity index is 463. The number of anilines is 1. The summed E-state index contributed by atoms with van der Waals surface area (Å²) < 4.78 is 0. The predicted molar refractivity (Wildman–Crippen MR) is 80.1 cm³/mol. The zero-order chi connectivity index (χ0) is 14.5. The van der Waals surface area contributed by atoms with Gasteiger partial charge in [0.05, 0.1) is 6.54 Å². The van der Waals surface area contributed by atoms with Gasteiger partial charge in [-0.05, 0) is 30.0 Å². The van der Waals surface area contributed by atoms with Crippen LogP contribution in [-0.2, 0) is 10.2 Å². The molecule has 1 unspecified atom stereocenters. The monoisotopic (exact) mass is 258 g/mol. The minimum atomic E-state index is -0.311. The minimum absolute atomic E-state index is 0.0992. The molecule has 0 saturated heterocycles. The van der Waals surface area contributed by atoms with Gasteiger partial charge in [0.2, 0.25) is 5.91 Å². The van der Waals surface area contributed by atoms with E-state index in [1.54, 1.807) is 0 Å². The third kappa shape index (κ3) is 4.67. The van der Waals surface area contributed by atoms with Crippen molar-refractivity contribution in [2.75, 3.05) is 11.9 Å². The van der Waals surface area contributed by atoms with Crippen LogP contribution in [0.3, 0.4) is 0 Å². The molecule has 3 nitrogen and oxygen atoms in total. The number of carbonyl (C=O) groups is 1. The van der Waals surface area contributed by atoms with Crippen LogP contribution < -0.4 is 10.6 Å². The van der Waals surface area contributed by atoms with E-state index in [1.807, 2.05) is 19.1 Å². The molecule has 19 heavy (non-hydrogen) atoms. The largest absolute Gasteiger partial charge is 0.374 e. The molecule has 1 amide bonds. The first-order valence-corrected chi connectivity index (χ1v) is 6.43. The fraction of sp³-hybridized carbons (Fsp3) is 0.438. The maximum Gasteiger partial charge on any atom is 0.242 e. The van der Waals surface area contributed by atoms with Crippen molar-refractivity contribution < 1.29 is 4.79 Å². The van der Waals surface area contributed by atoms with Gasteiger partial charge in [0.25, 0.3) is 0 Å². The Balaban J connectivity index is 2.63. The molecule has 0 aliphatic carbocycles. The van der Waals surface area contributed by atoms with Gasteiger partial charge in [0.15, 0.2) is 0 Å². The van der Waals surface area contributed by atoms with E-state index in [1.165, 1.54) is 5.56 Å². The molecule has 0 aromatic heterocycles. The number of terminal acetylenes is 1. The van der Waals surface area contributed by atoms with E-state index in [2.05, 4.69) is 49.5 Å². The summed E-state index contributed by atoms with van der Waals surface area (Å²) in [6.45, 7) is 8.58. The number of benzene rings is 1. The molecule has 0 fully saturated rings. The SMILES string of the molecule is C#CCNC(=O)C(C)Nc1ccc(C(C)(C)C)cc1. The highest BCUT2D eigenvalue weighted by Crippen LogP contribution is 2.23. The van der Waals surface area contributed by atoms with Gasteiger partial charge in [0.1, 0.15) is 6.04 Å².